The first kappa shape index (κ1) is 37.8. The fraction of sp³-hybridized carbons (Fsp3) is 0.298. The third-order valence-corrected chi connectivity index (χ3v) is 15.1. The summed E-state index contributed by atoms with van der Waals surface area (Å²) >= 11 is 0. The standard InChI is InChI=1S/C57H55BN2O2/c1-32-24-41-42(57(10,11)23-22-56(41,8)9)29-45(32)59-46-31-50-49(61-47-18-14-15-19-48(47)62-50)30-43(46)58-51-38(25-33-16-12-13-17-36(33)53(51)59)40-28-35(55(5,6)7)27-39-37-26-34(54(2,3)4)20-21-44(37)60(58)52(39)40/h12-21,24-31H,22-23H2,1-11H3. The van der Waals surface area contributed by atoms with E-state index in [1.54, 1.807) is 0 Å². The highest BCUT2D eigenvalue weighted by Crippen LogP contribution is 2.55. The quantitative estimate of drug-likeness (QED) is 0.155. The Kier molecular flexibility index (Phi) is 7.41. The van der Waals surface area contributed by atoms with Crippen LogP contribution in [0.25, 0.3) is 43.7 Å². The molecular formula is C57H55BN2O2. The lowest BCUT2D eigenvalue weighted by Gasteiger charge is -2.45. The molecule has 1 aromatic heterocycles. The van der Waals surface area contributed by atoms with Gasteiger partial charge in [-0.2, -0.15) is 0 Å². The number of anilines is 3. The van der Waals surface area contributed by atoms with E-state index in [-0.39, 0.29) is 28.5 Å². The lowest BCUT2D eigenvalue weighted by molar-refractivity contribution is 0.332. The molecule has 4 nitrogen and oxygen atoms in total. The molecule has 0 saturated heterocycles. The van der Waals surface area contributed by atoms with E-state index < -0.39 is 0 Å². The molecule has 7 aromatic carbocycles. The van der Waals surface area contributed by atoms with Crippen LogP contribution >= 0.6 is 0 Å². The fourth-order valence-electron chi connectivity index (χ4n) is 11.4. The molecule has 0 amide bonds. The number of hydrogen-bond donors (Lipinski definition) is 0. The minimum absolute atomic E-state index is 0.00225. The summed E-state index contributed by atoms with van der Waals surface area (Å²) in [6.07, 6.45) is 2.32. The highest BCUT2D eigenvalue weighted by molar-refractivity contribution is 6.90. The molecular weight excluding hydrogens is 755 g/mol. The number of fused-ring (bicyclic) bond motifs is 12. The Hall–Kier alpha value is -5.94. The lowest BCUT2D eigenvalue weighted by atomic mass is 9.44. The summed E-state index contributed by atoms with van der Waals surface area (Å²) in [6, 6.07) is 41.5. The van der Waals surface area contributed by atoms with E-state index in [0.717, 1.165) is 35.1 Å². The minimum atomic E-state index is -0.135. The molecule has 4 aliphatic rings. The topological polar surface area (TPSA) is 26.6 Å². The molecule has 3 aliphatic heterocycles. The van der Waals surface area contributed by atoms with Crippen molar-refractivity contribution in [1.82, 2.24) is 4.48 Å². The summed E-state index contributed by atoms with van der Waals surface area (Å²) in [5.74, 6) is 2.95. The van der Waals surface area contributed by atoms with E-state index in [9.17, 15) is 0 Å². The first-order valence-corrected chi connectivity index (χ1v) is 22.7. The van der Waals surface area contributed by atoms with Crippen LogP contribution in [-0.2, 0) is 21.7 Å². The van der Waals surface area contributed by atoms with Gasteiger partial charge in [0.15, 0.2) is 23.0 Å². The van der Waals surface area contributed by atoms with Crippen LogP contribution in [0.2, 0.25) is 0 Å². The van der Waals surface area contributed by atoms with Crippen molar-refractivity contribution in [2.75, 3.05) is 4.90 Å². The van der Waals surface area contributed by atoms with E-state index in [1.807, 2.05) is 24.3 Å². The molecule has 5 heteroatoms. The van der Waals surface area contributed by atoms with Crippen molar-refractivity contribution in [2.24, 2.45) is 0 Å². The maximum absolute atomic E-state index is 6.80. The molecule has 62 heavy (non-hydrogen) atoms. The minimum Gasteiger partial charge on any atom is -0.450 e. The van der Waals surface area contributed by atoms with Crippen LogP contribution in [0.3, 0.4) is 0 Å². The molecule has 8 aromatic rings. The van der Waals surface area contributed by atoms with E-state index in [1.165, 1.54) is 100 Å². The lowest BCUT2D eigenvalue weighted by Crippen LogP contribution is -2.57. The zero-order chi connectivity index (χ0) is 43.0. The number of rotatable bonds is 1. The van der Waals surface area contributed by atoms with Gasteiger partial charge in [-0.3, -0.25) is 0 Å². The van der Waals surface area contributed by atoms with Crippen LogP contribution in [0.5, 0.6) is 23.0 Å². The molecule has 0 unspecified atom stereocenters. The van der Waals surface area contributed by atoms with Gasteiger partial charge < -0.3 is 18.9 Å². The molecule has 0 bridgehead atoms. The van der Waals surface area contributed by atoms with E-state index in [4.69, 9.17) is 9.47 Å². The summed E-state index contributed by atoms with van der Waals surface area (Å²) in [7, 11) is 0. The second kappa shape index (κ2) is 12.2. The second-order valence-electron chi connectivity index (χ2n) is 22.1. The highest BCUT2D eigenvalue weighted by Gasteiger charge is 2.46. The molecule has 0 atom stereocenters. The number of aromatic nitrogens is 1. The van der Waals surface area contributed by atoms with E-state index >= 15 is 0 Å². The average Bonchev–Trinajstić information content (AvgIpc) is 3.55. The third kappa shape index (κ3) is 5.14. The Morgan fingerprint density at radius 2 is 1.19 bits per heavy atom. The zero-order valence-electron chi connectivity index (χ0n) is 38.1. The first-order chi connectivity index (χ1) is 29.4. The number of hydrogen-bond acceptors (Lipinski definition) is 3. The molecule has 0 spiro atoms. The summed E-state index contributed by atoms with van der Waals surface area (Å²) in [5, 5.41) is 5.12. The van der Waals surface area contributed by atoms with E-state index in [0.29, 0.717) is 0 Å². The van der Waals surface area contributed by atoms with Gasteiger partial charge in [0, 0.05) is 50.2 Å². The predicted octanol–water partition coefficient (Wildman–Crippen LogP) is 14.5. The van der Waals surface area contributed by atoms with Gasteiger partial charge >= 0.3 is 6.85 Å². The Morgan fingerprint density at radius 1 is 0.565 bits per heavy atom. The van der Waals surface area contributed by atoms with Crippen LogP contribution < -0.4 is 25.3 Å². The van der Waals surface area contributed by atoms with Gasteiger partial charge in [0.25, 0.3) is 0 Å². The summed E-state index contributed by atoms with van der Waals surface area (Å²) in [5.41, 5.74) is 18.3. The van der Waals surface area contributed by atoms with Crippen molar-refractivity contribution in [2.45, 2.75) is 111 Å². The molecule has 4 heterocycles. The van der Waals surface area contributed by atoms with Gasteiger partial charge in [-0.1, -0.05) is 118 Å². The number of para-hydroxylation sites is 2. The van der Waals surface area contributed by atoms with Crippen LogP contribution in [0, 0.1) is 6.92 Å². The van der Waals surface area contributed by atoms with Gasteiger partial charge in [0.2, 0.25) is 0 Å². The Balaban J connectivity index is 1.26. The Labute approximate surface area is 366 Å². The van der Waals surface area contributed by atoms with Gasteiger partial charge in [0.05, 0.1) is 5.69 Å². The maximum atomic E-state index is 6.80. The van der Waals surface area contributed by atoms with Crippen LogP contribution in [0.15, 0.2) is 109 Å². The summed E-state index contributed by atoms with van der Waals surface area (Å²) in [6.45, 7) is 26.0. The summed E-state index contributed by atoms with van der Waals surface area (Å²) < 4.78 is 16.3. The molecule has 12 rings (SSSR count). The van der Waals surface area contributed by atoms with Crippen molar-refractivity contribution >= 4 is 67.4 Å². The largest absolute Gasteiger partial charge is 0.450 e. The van der Waals surface area contributed by atoms with Crippen molar-refractivity contribution < 1.29 is 9.47 Å². The zero-order valence-corrected chi connectivity index (χ0v) is 38.1. The molecule has 0 saturated carbocycles. The van der Waals surface area contributed by atoms with Crippen LogP contribution in [-0.4, -0.2) is 11.3 Å². The number of ether oxygens (including phenoxy) is 2. The smallest absolute Gasteiger partial charge is 0.333 e. The van der Waals surface area contributed by atoms with Crippen molar-refractivity contribution in [1.29, 1.82) is 0 Å². The van der Waals surface area contributed by atoms with Gasteiger partial charge in [-0.25, -0.2) is 0 Å². The average molecular weight is 811 g/mol. The number of nitrogens with zero attached hydrogens (tertiary/aromatic N) is 2. The number of aryl methyl sites for hydroxylation is 1. The normalized spacial score (nSPS) is 16.6. The van der Waals surface area contributed by atoms with E-state index in [2.05, 4.69) is 170 Å². The van der Waals surface area contributed by atoms with Crippen molar-refractivity contribution in [3.63, 3.8) is 0 Å². The molecule has 0 fully saturated rings. The van der Waals surface area contributed by atoms with Crippen LogP contribution in [0.1, 0.15) is 110 Å². The van der Waals surface area contributed by atoms with Gasteiger partial charge in [-0.05, 0) is 146 Å². The molecule has 0 N–H and O–H groups in total. The predicted molar refractivity (Wildman–Crippen MR) is 262 cm³/mol. The molecule has 1 aliphatic carbocycles. The van der Waals surface area contributed by atoms with Crippen molar-refractivity contribution in [3.05, 3.63) is 137 Å². The van der Waals surface area contributed by atoms with Crippen molar-refractivity contribution in [3.8, 4) is 34.1 Å². The Morgan fingerprint density at radius 3 is 1.89 bits per heavy atom. The maximum Gasteiger partial charge on any atom is 0.333 e. The SMILES string of the molecule is Cc1cc2c(cc1N1c3cc4c(cc3B3c5c(cc6ccccc6c51)-c1cc(C(C)(C)C)cc5c6cc(C(C)(C)C)ccc6n3c15)Oc1ccccc1O4)C(C)(C)CCC2(C)C. The third-order valence-electron chi connectivity index (χ3n) is 15.1. The molecule has 308 valence electrons. The van der Waals surface area contributed by atoms with Gasteiger partial charge in [0.1, 0.15) is 0 Å². The van der Waals surface area contributed by atoms with Gasteiger partial charge in [-0.15, -0.1) is 0 Å². The highest BCUT2D eigenvalue weighted by atomic mass is 16.6. The van der Waals surface area contributed by atoms with Crippen LogP contribution in [0.4, 0.5) is 17.1 Å². The molecule has 0 radical (unpaired) electrons. The first-order valence-electron chi connectivity index (χ1n) is 22.7. The summed E-state index contributed by atoms with van der Waals surface area (Å²) in [4.78, 5) is 2.61. The fourth-order valence-corrected chi connectivity index (χ4v) is 11.4. The number of benzene rings is 7. The Bertz CT molecular complexity index is 3300. The monoisotopic (exact) mass is 810 g/mol. The second-order valence-corrected chi connectivity index (χ2v) is 22.1.